The summed E-state index contributed by atoms with van der Waals surface area (Å²) in [5.41, 5.74) is 2.19. The molecule has 5 heteroatoms. The van der Waals surface area contributed by atoms with E-state index < -0.39 is 10.0 Å². The number of hydrogen-bond donors (Lipinski definition) is 1. The number of ketones is 1. The van der Waals surface area contributed by atoms with Crippen molar-refractivity contribution < 1.29 is 13.2 Å². The summed E-state index contributed by atoms with van der Waals surface area (Å²) in [6.07, 6.45) is 3.37. The fourth-order valence-corrected chi connectivity index (χ4v) is 2.48. The Morgan fingerprint density at radius 2 is 2.00 bits per heavy atom. The van der Waals surface area contributed by atoms with Crippen molar-refractivity contribution in [3.8, 4) is 0 Å². The van der Waals surface area contributed by atoms with Crippen molar-refractivity contribution in [3.63, 3.8) is 0 Å². The van der Waals surface area contributed by atoms with E-state index in [1.807, 2.05) is 0 Å². The molecule has 0 spiro atoms. The minimum Gasteiger partial charge on any atom is -0.294 e. The van der Waals surface area contributed by atoms with Crippen LogP contribution in [-0.4, -0.2) is 20.5 Å². The number of nitrogens with one attached hydrogen (secondary N) is 1. The summed E-state index contributed by atoms with van der Waals surface area (Å²) in [5.74, 6) is 0.146. The molecule has 0 heterocycles. The van der Waals surface area contributed by atoms with Crippen molar-refractivity contribution in [2.45, 2.75) is 19.3 Å². The molecule has 0 fully saturated rings. The van der Waals surface area contributed by atoms with Crippen LogP contribution in [0.4, 0.5) is 5.69 Å². The highest BCUT2D eigenvalue weighted by molar-refractivity contribution is 7.92. The molecule has 1 aliphatic carbocycles. The summed E-state index contributed by atoms with van der Waals surface area (Å²) in [5, 5.41) is 0. The highest BCUT2D eigenvalue weighted by Gasteiger charge is 2.17. The van der Waals surface area contributed by atoms with Crippen molar-refractivity contribution in [1.82, 2.24) is 0 Å². The van der Waals surface area contributed by atoms with Gasteiger partial charge in [-0.05, 0) is 36.6 Å². The molecule has 1 aromatic carbocycles. The van der Waals surface area contributed by atoms with E-state index >= 15 is 0 Å². The molecule has 0 unspecified atom stereocenters. The van der Waals surface area contributed by atoms with Crippen LogP contribution in [0.1, 0.15) is 28.8 Å². The number of aryl methyl sites for hydroxylation is 1. The molecular formula is C11H13NO3S. The Hall–Kier alpha value is -1.36. The van der Waals surface area contributed by atoms with Crippen LogP contribution in [0.25, 0.3) is 0 Å². The van der Waals surface area contributed by atoms with Crippen molar-refractivity contribution in [3.05, 3.63) is 29.3 Å². The molecule has 0 bridgehead atoms. The van der Waals surface area contributed by atoms with Crippen LogP contribution in [0.3, 0.4) is 0 Å². The number of carbonyl (C=O) groups excluding carboxylic acids is 1. The summed E-state index contributed by atoms with van der Waals surface area (Å²) in [4.78, 5) is 11.5. The molecule has 0 saturated heterocycles. The van der Waals surface area contributed by atoms with E-state index in [1.165, 1.54) is 0 Å². The molecule has 0 amide bonds. The SMILES string of the molecule is CS(=O)(=O)Nc1ccc2c(c1)CCCC2=O. The minimum atomic E-state index is -3.25. The first-order chi connectivity index (χ1) is 7.46. The third-order valence-corrected chi connectivity index (χ3v) is 3.17. The van der Waals surface area contributed by atoms with E-state index in [9.17, 15) is 13.2 Å². The average Bonchev–Trinajstić information content (AvgIpc) is 2.15. The molecule has 1 N–H and O–H groups in total. The Kier molecular flexibility index (Phi) is 2.71. The molecule has 1 aliphatic rings. The zero-order valence-corrected chi connectivity index (χ0v) is 9.80. The van der Waals surface area contributed by atoms with Crippen LogP contribution in [0.2, 0.25) is 0 Å². The smallest absolute Gasteiger partial charge is 0.229 e. The number of rotatable bonds is 2. The molecule has 0 saturated carbocycles. The van der Waals surface area contributed by atoms with Crippen molar-refractivity contribution >= 4 is 21.5 Å². The zero-order chi connectivity index (χ0) is 11.8. The van der Waals surface area contributed by atoms with Crippen LogP contribution >= 0.6 is 0 Å². The number of carbonyl (C=O) groups is 1. The van der Waals surface area contributed by atoms with Crippen LogP contribution in [0, 0.1) is 0 Å². The molecule has 0 radical (unpaired) electrons. The zero-order valence-electron chi connectivity index (χ0n) is 8.99. The van der Waals surface area contributed by atoms with E-state index in [0.29, 0.717) is 12.1 Å². The van der Waals surface area contributed by atoms with Gasteiger partial charge in [0.1, 0.15) is 0 Å². The normalized spacial score (nSPS) is 15.7. The summed E-state index contributed by atoms with van der Waals surface area (Å²) in [6, 6.07) is 5.07. The van der Waals surface area contributed by atoms with E-state index in [-0.39, 0.29) is 5.78 Å². The molecular weight excluding hydrogens is 226 g/mol. The first-order valence-corrected chi connectivity index (χ1v) is 6.99. The number of sulfonamides is 1. The standard InChI is InChI=1S/C11H13NO3S/c1-16(14,15)12-9-5-6-10-8(7-9)3-2-4-11(10)13/h5-7,12H,2-4H2,1H3. The molecule has 4 nitrogen and oxygen atoms in total. The number of hydrogen-bond acceptors (Lipinski definition) is 3. The third-order valence-electron chi connectivity index (χ3n) is 2.56. The lowest BCUT2D eigenvalue weighted by Crippen LogP contribution is -2.13. The highest BCUT2D eigenvalue weighted by Crippen LogP contribution is 2.24. The lowest BCUT2D eigenvalue weighted by molar-refractivity contribution is 0.0972. The number of anilines is 1. The third kappa shape index (κ3) is 2.41. The lowest BCUT2D eigenvalue weighted by Gasteiger charge is -2.15. The molecule has 1 aromatic rings. The number of benzene rings is 1. The van der Waals surface area contributed by atoms with E-state index in [4.69, 9.17) is 0 Å². The Morgan fingerprint density at radius 1 is 1.25 bits per heavy atom. The molecule has 0 aliphatic heterocycles. The van der Waals surface area contributed by atoms with Gasteiger partial charge >= 0.3 is 0 Å². The Balaban J connectivity index is 2.36. The van der Waals surface area contributed by atoms with Gasteiger partial charge in [-0.15, -0.1) is 0 Å². The minimum absolute atomic E-state index is 0.146. The van der Waals surface area contributed by atoms with Crippen molar-refractivity contribution in [1.29, 1.82) is 0 Å². The van der Waals surface area contributed by atoms with Crippen molar-refractivity contribution in [2.75, 3.05) is 11.0 Å². The second-order valence-electron chi connectivity index (χ2n) is 4.02. The first kappa shape index (κ1) is 11.1. The van der Waals surface area contributed by atoms with Gasteiger partial charge in [-0.1, -0.05) is 0 Å². The Morgan fingerprint density at radius 3 is 2.69 bits per heavy atom. The molecule has 16 heavy (non-hydrogen) atoms. The summed E-state index contributed by atoms with van der Waals surface area (Å²) < 4.78 is 24.5. The molecule has 0 aromatic heterocycles. The Labute approximate surface area is 94.7 Å². The largest absolute Gasteiger partial charge is 0.294 e. The monoisotopic (exact) mass is 239 g/mol. The molecule has 2 rings (SSSR count). The highest BCUT2D eigenvalue weighted by atomic mass is 32.2. The van der Waals surface area contributed by atoms with E-state index in [1.54, 1.807) is 18.2 Å². The maximum absolute atomic E-state index is 11.5. The second-order valence-corrected chi connectivity index (χ2v) is 5.77. The van der Waals surface area contributed by atoms with Crippen LogP contribution in [-0.2, 0) is 16.4 Å². The molecule has 0 atom stereocenters. The predicted octanol–water partition coefficient (Wildman–Crippen LogP) is 1.58. The number of fused-ring (bicyclic) bond motifs is 1. The molecule has 86 valence electrons. The van der Waals surface area contributed by atoms with Crippen LogP contribution in [0.5, 0.6) is 0 Å². The topological polar surface area (TPSA) is 63.2 Å². The van der Waals surface area contributed by atoms with Crippen molar-refractivity contribution in [2.24, 2.45) is 0 Å². The second kappa shape index (κ2) is 3.90. The van der Waals surface area contributed by atoms with Gasteiger partial charge in [0, 0.05) is 17.7 Å². The van der Waals surface area contributed by atoms with Gasteiger partial charge in [0.25, 0.3) is 0 Å². The maximum atomic E-state index is 11.5. The van der Waals surface area contributed by atoms with Gasteiger partial charge in [0.2, 0.25) is 10.0 Å². The van der Waals surface area contributed by atoms with Crippen LogP contribution in [0.15, 0.2) is 18.2 Å². The fraction of sp³-hybridized carbons (Fsp3) is 0.364. The lowest BCUT2D eigenvalue weighted by atomic mass is 9.90. The quantitative estimate of drug-likeness (QED) is 0.852. The van der Waals surface area contributed by atoms with Gasteiger partial charge in [-0.3, -0.25) is 9.52 Å². The van der Waals surface area contributed by atoms with Gasteiger partial charge in [0.15, 0.2) is 5.78 Å². The summed E-state index contributed by atoms with van der Waals surface area (Å²) in [6.45, 7) is 0. The first-order valence-electron chi connectivity index (χ1n) is 5.09. The summed E-state index contributed by atoms with van der Waals surface area (Å²) in [7, 11) is -3.25. The van der Waals surface area contributed by atoms with Crippen LogP contribution < -0.4 is 4.72 Å². The predicted molar refractivity (Wildman–Crippen MR) is 62.2 cm³/mol. The van der Waals surface area contributed by atoms with E-state index in [0.717, 1.165) is 30.2 Å². The van der Waals surface area contributed by atoms with Gasteiger partial charge in [0.05, 0.1) is 6.26 Å². The maximum Gasteiger partial charge on any atom is 0.229 e. The fourth-order valence-electron chi connectivity index (χ4n) is 1.92. The van der Waals surface area contributed by atoms with E-state index in [2.05, 4.69) is 4.72 Å². The number of Topliss-reactive ketones (excluding diaryl/α,β-unsaturated/α-hetero) is 1. The van der Waals surface area contributed by atoms with Gasteiger partial charge < -0.3 is 0 Å². The van der Waals surface area contributed by atoms with Gasteiger partial charge in [-0.2, -0.15) is 0 Å². The summed E-state index contributed by atoms with van der Waals surface area (Å²) >= 11 is 0. The Bertz CT molecular complexity index is 534. The van der Waals surface area contributed by atoms with Gasteiger partial charge in [-0.25, -0.2) is 8.42 Å². The average molecular weight is 239 g/mol.